The molecule has 4 amide bonds. The third-order valence-corrected chi connectivity index (χ3v) is 7.91. The molecule has 5 rings (SSSR count). The van der Waals surface area contributed by atoms with Crippen molar-refractivity contribution in [3.05, 3.63) is 65.2 Å². The highest BCUT2D eigenvalue weighted by Crippen LogP contribution is 2.45. The minimum Gasteiger partial charge on any atom is -0.395 e. The Morgan fingerprint density at radius 1 is 0.917 bits per heavy atom. The summed E-state index contributed by atoms with van der Waals surface area (Å²) in [4.78, 5) is 67.9. The molecule has 2 saturated heterocycles. The Morgan fingerprint density at radius 2 is 1.64 bits per heavy atom. The number of β-amino-alcohol motifs (C(OH)–C–C–N with tert-alkyl or cyclic N) is 1. The molecule has 0 saturated carbocycles. The summed E-state index contributed by atoms with van der Waals surface area (Å²) in [5.41, 5.74) is 2.69. The van der Waals surface area contributed by atoms with E-state index >= 15 is 0 Å². The van der Waals surface area contributed by atoms with Gasteiger partial charge in [-0.05, 0) is 35.6 Å². The maximum atomic E-state index is 13.7. The predicted molar refractivity (Wildman–Crippen MR) is 130 cm³/mol. The van der Waals surface area contributed by atoms with Gasteiger partial charge in [-0.25, -0.2) is 0 Å². The largest absolute Gasteiger partial charge is 0.395 e. The molecule has 0 aromatic heterocycles. The lowest BCUT2D eigenvalue weighted by molar-refractivity contribution is -0.142. The Kier molecular flexibility index (Phi) is 6.08. The Bertz CT molecular complexity index is 1270. The number of carbonyl (C=O) groups excluding carboxylic acids is 5. The minimum absolute atomic E-state index is 0.0401. The Balaban J connectivity index is 1.49. The fourth-order valence-electron chi connectivity index (χ4n) is 5.91. The topological polar surface area (TPSA) is 112 Å². The average molecular weight is 489 g/mol. The summed E-state index contributed by atoms with van der Waals surface area (Å²) >= 11 is 0. The zero-order valence-electron chi connectivity index (χ0n) is 20.2. The first-order valence-corrected chi connectivity index (χ1v) is 12.3. The molecule has 1 N–H and O–H groups in total. The highest BCUT2D eigenvalue weighted by Gasteiger charge is 2.59. The van der Waals surface area contributed by atoms with E-state index in [0.29, 0.717) is 24.1 Å². The standard InChI is InChI=1S/C28H28N2O6/c1-15(17-6-4-3-5-7-17)12-21-24(27(35)29(10-11-31)26(21)34)23-16(2)25(33)30(28(23)36)19-9-8-18-13-22(32)20(18)14-19/h3-9,14-16,21,23-24,31H,10-13H2,1-2H3. The van der Waals surface area contributed by atoms with Crippen molar-refractivity contribution in [1.82, 2.24) is 4.90 Å². The van der Waals surface area contributed by atoms with E-state index in [1.807, 2.05) is 37.3 Å². The number of benzene rings is 2. The maximum Gasteiger partial charge on any atom is 0.238 e. The van der Waals surface area contributed by atoms with Crippen molar-refractivity contribution in [1.29, 1.82) is 0 Å². The zero-order chi connectivity index (χ0) is 25.7. The first kappa shape index (κ1) is 24.1. The van der Waals surface area contributed by atoms with Gasteiger partial charge in [0.2, 0.25) is 23.6 Å². The summed E-state index contributed by atoms with van der Waals surface area (Å²) in [5, 5.41) is 9.47. The Hall–Kier alpha value is -3.65. The molecule has 5 unspecified atom stereocenters. The highest BCUT2D eigenvalue weighted by atomic mass is 16.3. The SMILES string of the molecule is CC(CC1C(=O)N(CCO)C(=O)C1C1C(=O)N(c2ccc3c(c2)C(=O)C3)C(=O)C1C)c1ccccc1. The number of aliphatic hydroxyl groups excluding tert-OH is 1. The molecule has 8 heteroatoms. The summed E-state index contributed by atoms with van der Waals surface area (Å²) in [6, 6.07) is 14.5. The monoisotopic (exact) mass is 488 g/mol. The van der Waals surface area contributed by atoms with Crippen LogP contribution < -0.4 is 4.90 Å². The van der Waals surface area contributed by atoms with Crippen LogP contribution in [0.3, 0.4) is 0 Å². The van der Waals surface area contributed by atoms with E-state index in [4.69, 9.17) is 0 Å². The molecule has 5 atom stereocenters. The van der Waals surface area contributed by atoms with Crippen LogP contribution in [0, 0.1) is 23.7 Å². The van der Waals surface area contributed by atoms with Crippen LogP contribution in [0.1, 0.15) is 47.7 Å². The first-order valence-electron chi connectivity index (χ1n) is 12.3. The third kappa shape index (κ3) is 3.67. The smallest absolute Gasteiger partial charge is 0.238 e. The quantitative estimate of drug-likeness (QED) is 0.599. The normalized spacial score (nSPS) is 26.5. The number of rotatable bonds is 7. The van der Waals surface area contributed by atoms with Gasteiger partial charge < -0.3 is 5.11 Å². The lowest BCUT2D eigenvalue weighted by Gasteiger charge is -2.25. The van der Waals surface area contributed by atoms with Gasteiger partial charge in [0, 0.05) is 17.9 Å². The van der Waals surface area contributed by atoms with E-state index in [0.717, 1.165) is 20.9 Å². The summed E-state index contributed by atoms with van der Waals surface area (Å²) in [6.45, 7) is 3.05. The Labute approximate surface area is 208 Å². The number of nitrogens with zero attached hydrogens (tertiary/aromatic N) is 2. The average Bonchev–Trinajstić information content (AvgIpc) is 3.22. The number of fused-ring (bicyclic) bond motifs is 1. The molecule has 36 heavy (non-hydrogen) atoms. The molecule has 2 fully saturated rings. The van der Waals surface area contributed by atoms with E-state index in [1.54, 1.807) is 25.1 Å². The number of hydrogen-bond donors (Lipinski definition) is 1. The third-order valence-electron chi connectivity index (χ3n) is 7.91. The number of ketones is 1. The number of amides is 4. The van der Waals surface area contributed by atoms with Crippen LogP contribution >= 0.6 is 0 Å². The molecule has 1 aliphatic carbocycles. The van der Waals surface area contributed by atoms with Gasteiger partial charge >= 0.3 is 0 Å². The second-order valence-corrected chi connectivity index (χ2v) is 10.00. The highest BCUT2D eigenvalue weighted by molar-refractivity contribution is 6.24. The molecule has 2 heterocycles. The summed E-state index contributed by atoms with van der Waals surface area (Å²) in [6.07, 6.45) is 0.677. The lowest BCUT2D eigenvalue weighted by atomic mass is 9.74. The molecule has 3 aliphatic rings. The zero-order valence-corrected chi connectivity index (χ0v) is 20.2. The van der Waals surface area contributed by atoms with Gasteiger partial charge in [-0.1, -0.05) is 50.2 Å². The van der Waals surface area contributed by atoms with E-state index in [2.05, 4.69) is 0 Å². The predicted octanol–water partition coefficient (Wildman–Crippen LogP) is 2.34. The van der Waals surface area contributed by atoms with Crippen molar-refractivity contribution in [2.24, 2.45) is 23.7 Å². The van der Waals surface area contributed by atoms with Gasteiger partial charge in [0.05, 0.1) is 36.6 Å². The van der Waals surface area contributed by atoms with Gasteiger partial charge in [0.15, 0.2) is 5.78 Å². The maximum absolute atomic E-state index is 13.7. The number of imide groups is 2. The van der Waals surface area contributed by atoms with Crippen LogP contribution in [0.15, 0.2) is 48.5 Å². The number of likely N-dealkylation sites (tertiary alicyclic amines) is 1. The van der Waals surface area contributed by atoms with Crippen molar-refractivity contribution < 1.29 is 29.1 Å². The summed E-state index contributed by atoms with van der Waals surface area (Å²) in [5.74, 6) is -5.64. The van der Waals surface area contributed by atoms with Gasteiger partial charge in [0.1, 0.15) is 0 Å². The van der Waals surface area contributed by atoms with E-state index in [1.165, 1.54) is 0 Å². The van der Waals surface area contributed by atoms with E-state index in [-0.39, 0.29) is 24.9 Å². The molecule has 0 radical (unpaired) electrons. The van der Waals surface area contributed by atoms with Crippen molar-refractivity contribution in [2.45, 2.75) is 32.6 Å². The van der Waals surface area contributed by atoms with E-state index < -0.39 is 47.3 Å². The Morgan fingerprint density at radius 3 is 2.31 bits per heavy atom. The van der Waals surface area contributed by atoms with Crippen molar-refractivity contribution in [2.75, 3.05) is 18.1 Å². The lowest BCUT2D eigenvalue weighted by Crippen LogP contribution is -2.38. The second kappa shape index (κ2) is 9.09. The number of anilines is 1. The van der Waals surface area contributed by atoms with Gasteiger partial charge in [0.25, 0.3) is 0 Å². The molecule has 8 nitrogen and oxygen atoms in total. The van der Waals surface area contributed by atoms with Crippen LogP contribution in [-0.2, 0) is 25.6 Å². The first-order chi connectivity index (χ1) is 17.2. The van der Waals surface area contributed by atoms with Gasteiger partial charge in [-0.15, -0.1) is 0 Å². The molecular weight excluding hydrogens is 460 g/mol. The molecule has 2 aliphatic heterocycles. The minimum atomic E-state index is -1.01. The fourth-order valence-corrected chi connectivity index (χ4v) is 5.91. The van der Waals surface area contributed by atoms with Crippen LogP contribution in [-0.4, -0.2) is 52.6 Å². The molecule has 186 valence electrons. The number of Topliss-reactive ketones (excluding diaryl/α,β-unsaturated/α-hetero) is 1. The number of carbonyl (C=O) groups is 5. The van der Waals surface area contributed by atoms with Crippen molar-refractivity contribution in [3.8, 4) is 0 Å². The summed E-state index contributed by atoms with van der Waals surface area (Å²) in [7, 11) is 0. The molecule has 2 aromatic carbocycles. The molecule has 2 aromatic rings. The second-order valence-electron chi connectivity index (χ2n) is 10.00. The van der Waals surface area contributed by atoms with Gasteiger partial charge in [-0.2, -0.15) is 0 Å². The van der Waals surface area contributed by atoms with Crippen LogP contribution in [0.4, 0.5) is 5.69 Å². The molecule has 0 spiro atoms. The van der Waals surface area contributed by atoms with Crippen LogP contribution in [0.5, 0.6) is 0 Å². The molecular formula is C28H28N2O6. The van der Waals surface area contributed by atoms with Crippen molar-refractivity contribution >= 4 is 35.1 Å². The fraction of sp³-hybridized carbons (Fsp3) is 0.393. The number of hydrogen-bond acceptors (Lipinski definition) is 6. The number of aliphatic hydroxyl groups is 1. The molecule has 0 bridgehead atoms. The summed E-state index contributed by atoms with van der Waals surface area (Å²) < 4.78 is 0. The van der Waals surface area contributed by atoms with Crippen LogP contribution in [0.2, 0.25) is 0 Å². The van der Waals surface area contributed by atoms with E-state index in [9.17, 15) is 29.1 Å². The van der Waals surface area contributed by atoms with Crippen LogP contribution in [0.25, 0.3) is 0 Å². The van der Waals surface area contributed by atoms with Gasteiger partial charge in [-0.3, -0.25) is 33.8 Å². The van der Waals surface area contributed by atoms with Crippen molar-refractivity contribution in [3.63, 3.8) is 0 Å².